The molecule has 1 rings (SSSR count). The van der Waals surface area contributed by atoms with Crippen LogP contribution in [0.1, 0.15) is 5.56 Å². The highest BCUT2D eigenvalue weighted by atomic mass is 79.9. The van der Waals surface area contributed by atoms with Gasteiger partial charge < -0.3 is 5.11 Å². The van der Waals surface area contributed by atoms with Crippen LogP contribution < -0.4 is 0 Å². The second-order valence-electron chi connectivity index (χ2n) is 2.55. The largest absolute Gasteiger partial charge is 0.507 e. The molecule has 0 aliphatic rings. The van der Waals surface area contributed by atoms with E-state index in [-0.39, 0.29) is 0 Å². The van der Waals surface area contributed by atoms with E-state index in [0.717, 1.165) is 6.07 Å². The van der Waals surface area contributed by atoms with E-state index in [1.54, 1.807) is 0 Å². The van der Waals surface area contributed by atoms with E-state index in [1.807, 2.05) is 0 Å². The molecule has 1 aromatic carbocycles. The quantitative estimate of drug-likeness (QED) is 0.637. The van der Waals surface area contributed by atoms with Gasteiger partial charge in [-0.1, -0.05) is 0 Å². The van der Waals surface area contributed by atoms with Crippen molar-refractivity contribution < 1.29 is 23.2 Å². The van der Waals surface area contributed by atoms with Crippen LogP contribution in [0.2, 0.25) is 0 Å². The maximum absolute atomic E-state index is 12.3. The van der Waals surface area contributed by atoms with Crippen molar-refractivity contribution in [1.82, 2.24) is 0 Å². The van der Waals surface area contributed by atoms with E-state index in [1.165, 1.54) is 0 Å². The molecule has 1 aromatic rings. The lowest BCUT2D eigenvalue weighted by atomic mass is 10.1. The van der Waals surface area contributed by atoms with Crippen molar-refractivity contribution in [3.8, 4) is 5.75 Å². The average molecular weight is 286 g/mol. The molecule has 82 valence electrons. The molecule has 0 amide bonds. The third-order valence-corrected chi connectivity index (χ3v) is 2.37. The zero-order valence-corrected chi connectivity index (χ0v) is 8.46. The molecule has 0 bridgehead atoms. The fraction of sp³-hybridized carbons (Fsp3) is 0.143. The normalized spacial score (nSPS) is 11.5. The first kappa shape index (κ1) is 11.8. The second kappa shape index (κ2) is 3.69. The van der Waals surface area contributed by atoms with Gasteiger partial charge in [-0.2, -0.15) is 13.2 Å². The molecule has 0 aromatic heterocycles. The minimum absolute atomic E-state index is 0.457. The van der Waals surface area contributed by atoms with Crippen molar-refractivity contribution in [3.63, 3.8) is 0 Å². The van der Waals surface area contributed by atoms with Crippen LogP contribution in [-0.2, 0) is 6.18 Å². The first-order chi connectivity index (χ1) is 6.75. The molecule has 0 unspecified atom stereocenters. The van der Waals surface area contributed by atoms with Gasteiger partial charge in [0.1, 0.15) is 15.8 Å². The summed E-state index contributed by atoms with van der Waals surface area (Å²) in [4.78, 5) is 9.20. The fourth-order valence-corrected chi connectivity index (χ4v) is 1.45. The monoisotopic (exact) mass is 285 g/mol. The van der Waals surface area contributed by atoms with E-state index < -0.39 is 32.6 Å². The van der Waals surface area contributed by atoms with Crippen LogP contribution in [0.5, 0.6) is 5.75 Å². The van der Waals surface area contributed by atoms with Gasteiger partial charge in [-0.05, 0) is 28.1 Å². The lowest BCUT2D eigenvalue weighted by Gasteiger charge is -2.08. The van der Waals surface area contributed by atoms with Crippen LogP contribution in [0, 0.1) is 10.1 Å². The Hall–Kier alpha value is -1.31. The summed E-state index contributed by atoms with van der Waals surface area (Å²) in [5.74, 6) is -0.616. The van der Waals surface area contributed by atoms with Crippen LogP contribution in [0.3, 0.4) is 0 Å². The molecule has 0 spiro atoms. The average Bonchev–Trinajstić information content (AvgIpc) is 2.06. The van der Waals surface area contributed by atoms with Gasteiger partial charge in [0.15, 0.2) is 0 Å². The summed E-state index contributed by atoms with van der Waals surface area (Å²) in [6, 6.07) is 1.19. The van der Waals surface area contributed by atoms with Gasteiger partial charge in [0, 0.05) is 0 Å². The molecule has 0 saturated carbocycles. The number of nitro benzene ring substituents is 1. The highest BCUT2D eigenvalue weighted by Gasteiger charge is 2.40. The van der Waals surface area contributed by atoms with Crippen molar-refractivity contribution in [3.05, 3.63) is 32.3 Å². The number of aromatic hydroxyl groups is 1. The number of halogens is 4. The van der Waals surface area contributed by atoms with Gasteiger partial charge in [0.2, 0.25) is 0 Å². The van der Waals surface area contributed by atoms with Gasteiger partial charge >= 0.3 is 6.18 Å². The molecule has 0 fully saturated rings. The standard InChI is InChI=1S/C7H3BrF3NO3/c8-5-4(13)2-1-3(7(9,10)11)6(5)12(14)15/h1-2,13H. The second-order valence-corrected chi connectivity index (χ2v) is 3.34. The number of alkyl halides is 3. The molecule has 1 N–H and O–H groups in total. The van der Waals surface area contributed by atoms with E-state index in [0.29, 0.717) is 6.07 Å². The third kappa shape index (κ3) is 2.20. The third-order valence-electron chi connectivity index (χ3n) is 1.58. The molecule has 0 aliphatic carbocycles. The van der Waals surface area contributed by atoms with E-state index in [4.69, 9.17) is 5.11 Å². The predicted octanol–water partition coefficient (Wildman–Crippen LogP) is 3.08. The highest BCUT2D eigenvalue weighted by Crippen LogP contribution is 2.43. The van der Waals surface area contributed by atoms with Crippen LogP contribution in [-0.4, -0.2) is 10.0 Å². The van der Waals surface area contributed by atoms with E-state index in [9.17, 15) is 23.3 Å². The number of hydrogen-bond acceptors (Lipinski definition) is 3. The molecule has 8 heteroatoms. The summed E-state index contributed by atoms with van der Waals surface area (Å²) in [5, 5.41) is 19.4. The Kier molecular flexibility index (Phi) is 2.89. The lowest BCUT2D eigenvalue weighted by Crippen LogP contribution is -2.09. The number of rotatable bonds is 1. The maximum atomic E-state index is 12.3. The summed E-state index contributed by atoms with van der Waals surface area (Å²) in [7, 11) is 0. The van der Waals surface area contributed by atoms with Crippen LogP contribution in [0.4, 0.5) is 18.9 Å². The van der Waals surface area contributed by atoms with Gasteiger partial charge in [0.05, 0.1) is 4.92 Å². The van der Waals surface area contributed by atoms with Crippen molar-refractivity contribution in [1.29, 1.82) is 0 Å². The van der Waals surface area contributed by atoms with Gasteiger partial charge in [0.25, 0.3) is 5.69 Å². The molecule has 4 nitrogen and oxygen atoms in total. The molecular formula is C7H3BrF3NO3. The SMILES string of the molecule is O=[N+]([O-])c1c(C(F)(F)F)ccc(O)c1Br. The number of benzene rings is 1. The number of phenols is 1. The number of hydrogen-bond donors (Lipinski definition) is 1. The minimum atomic E-state index is -4.83. The Morgan fingerprint density at radius 3 is 2.33 bits per heavy atom. The van der Waals surface area contributed by atoms with E-state index in [2.05, 4.69) is 15.9 Å². The minimum Gasteiger partial charge on any atom is -0.507 e. The molecule has 0 heterocycles. The van der Waals surface area contributed by atoms with Crippen LogP contribution in [0.25, 0.3) is 0 Å². The van der Waals surface area contributed by atoms with Gasteiger partial charge in [-0.25, -0.2) is 0 Å². The Labute approximate surface area is 89.6 Å². The van der Waals surface area contributed by atoms with E-state index >= 15 is 0 Å². The Morgan fingerprint density at radius 1 is 1.40 bits per heavy atom. The van der Waals surface area contributed by atoms with Gasteiger partial charge in [-0.3, -0.25) is 10.1 Å². The molecule has 15 heavy (non-hydrogen) atoms. The molecular weight excluding hydrogens is 283 g/mol. The Bertz CT molecular complexity index is 419. The molecule has 0 saturated heterocycles. The van der Waals surface area contributed by atoms with Crippen LogP contribution >= 0.6 is 15.9 Å². The highest BCUT2D eigenvalue weighted by molar-refractivity contribution is 9.10. The lowest BCUT2D eigenvalue weighted by molar-refractivity contribution is -0.388. The summed E-state index contributed by atoms with van der Waals surface area (Å²) < 4.78 is 36.4. The summed E-state index contributed by atoms with van der Waals surface area (Å²) >= 11 is 2.53. The van der Waals surface area contributed by atoms with Crippen molar-refractivity contribution in [2.75, 3.05) is 0 Å². The predicted molar refractivity (Wildman–Crippen MR) is 47.5 cm³/mol. The summed E-state index contributed by atoms with van der Waals surface area (Å²) in [5.41, 5.74) is -2.60. The first-order valence-corrected chi connectivity index (χ1v) is 4.27. The molecule has 0 radical (unpaired) electrons. The van der Waals surface area contributed by atoms with Gasteiger partial charge in [-0.15, -0.1) is 0 Å². The topological polar surface area (TPSA) is 63.4 Å². The smallest absolute Gasteiger partial charge is 0.423 e. The Balaban J connectivity index is 3.55. The zero-order valence-electron chi connectivity index (χ0n) is 6.88. The van der Waals surface area contributed by atoms with Crippen molar-refractivity contribution in [2.24, 2.45) is 0 Å². The zero-order chi connectivity index (χ0) is 11.8. The van der Waals surface area contributed by atoms with Crippen molar-refractivity contribution in [2.45, 2.75) is 6.18 Å². The first-order valence-electron chi connectivity index (χ1n) is 3.48. The summed E-state index contributed by atoms with van der Waals surface area (Å²) in [6.45, 7) is 0. The Morgan fingerprint density at radius 2 is 1.93 bits per heavy atom. The molecule has 0 aliphatic heterocycles. The number of phenolic OH excluding ortho intramolecular Hbond substituents is 1. The number of nitro groups is 1. The van der Waals surface area contributed by atoms with Crippen LogP contribution in [0.15, 0.2) is 16.6 Å². The fourth-order valence-electron chi connectivity index (χ4n) is 0.961. The number of nitrogens with zero attached hydrogens (tertiary/aromatic N) is 1. The molecule has 0 atom stereocenters. The maximum Gasteiger partial charge on any atom is 0.423 e. The summed E-state index contributed by atoms with van der Waals surface area (Å²) in [6.07, 6.45) is -4.83. The van der Waals surface area contributed by atoms with Crippen molar-refractivity contribution >= 4 is 21.6 Å².